The fourth-order valence-electron chi connectivity index (χ4n) is 3.64. The number of hydrogen-bond acceptors (Lipinski definition) is 6. The summed E-state index contributed by atoms with van der Waals surface area (Å²) in [7, 11) is -3.29. The number of amides is 1. The van der Waals surface area contributed by atoms with Crippen molar-refractivity contribution in [2.24, 2.45) is 0 Å². The van der Waals surface area contributed by atoms with Gasteiger partial charge in [-0.1, -0.05) is 12.1 Å². The van der Waals surface area contributed by atoms with E-state index in [0.29, 0.717) is 23.9 Å². The van der Waals surface area contributed by atoms with Gasteiger partial charge in [0.1, 0.15) is 0 Å². The summed E-state index contributed by atoms with van der Waals surface area (Å²) in [6.07, 6.45) is 2.70. The quantitative estimate of drug-likeness (QED) is 0.703. The minimum Gasteiger partial charge on any atom is -0.352 e. The molecule has 2 fully saturated rings. The molecule has 0 radical (unpaired) electrons. The van der Waals surface area contributed by atoms with Gasteiger partial charge >= 0.3 is 0 Å². The van der Waals surface area contributed by atoms with Gasteiger partial charge in [-0.2, -0.15) is 5.10 Å². The minimum atomic E-state index is -3.29. The van der Waals surface area contributed by atoms with Gasteiger partial charge in [-0.15, -0.1) is 5.10 Å². The Morgan fingerprint density at radius 2 is 1.67 bits per heavy atom. The summed E-state index contributed by atoms with van der Waals surface area (Å²) in [5.74, 6) is 1.53. The molecule has 0 N–H and O–H groups in total. The van der Waals surface area contributed by atoms with Crippen molar-refractivity contribution in [1.29, 1.82) is 0 Å². The maximum Gasteiger partial charge on any atom is 0.227 e. The second-order valence-electron chi connectivity index (χ2n) is 8.37. The van der Waals surface area contributed by atoms with Crippen LogP contribution in [0.1, 0.15) is 43.9 Å². The van der Waals surface area contributed by atoms with Crippen LogP contribution in [0.5, 0.6) is 0 Å². The molecule has 0 spiro atoms. The van der Waals surface area contributed by atoms with E-state index in [-0.39, 0.29) is 12.3 Å². The Balaban J connectivity index is 1.31. The van der Waals surface area contributed by atoms with E-state index in [2.05, 4.69) is 21.2 Å². The molecule has 8 heteroatoms. The highest BCUT2D eigenvalue weighted by molar-refractivity contribution is 7.92. The first-order valence-electron chi connectivity index (χ1n) is 10.5. The summed E-state index contributed by atoms with van der Waals surface area (Å²) >= 11 is 0. The van der Waals surface area contributed by atoms with Crippen molar-refractivity contribution < 1.29 is 13.2 Å². The molecule has 0 unspecified atom stereocenters. The topological polar surface area (TPSA) is 83.5 Å². The Bertz CT molecular complexity index is 992. The summed E-state index contributed by atoms with van der Waals surface area (Å²) in [6, 6.07) is 10.8. The summed E-state index contributed by atoms with van der Waals surface area (Å²) in [6.45, 7) is 6.08. The molecule has 1 saturated heterocycles. The van der Waals surface area contributed by atoms with Crippen LogP contribution in [0.25, 0.3) is 0 Å². The van der Waals surface area contributed by atoms with Crippen LogP contribution in [0, 0.1) is 0 Å². The summed E-state index contributed by atoms with van der Waals surface area (Å²) < 4.78 is 24.5. The highest BCUT2D eigenvalue weighted by Crippen LogP contribution is 2.38. The van der Waals surface area contributed by atoms with Crippen LogP contribution in [-0.4, -0.2) is 60.9 Å². The molecule has 0 bridgehead atoms. The molecule has 7 nitrogen and oxygen atoms in total. The van der Waals surface area contributed by atoms with E-state index in [1.54, 1.807) is 38.1 Å². The first kappa shape index (κ1) is 20.8. The van der Waals surface area contributed by atoms with Crippen LogP contribution >= 0.6 is 0 Å². The van der Waals surface area contributed by atoms with Crippen molar-refractivity contribution in [3.8, 4) is 0 Å². The Morgan fingerprint density at radius 3 is 2.20 bits per heavy atom. The molecule has 1 saturated carbocycles. The molecule has 30 heavy (non-hydrogen) atoms. The zero-order valence-electron chi connectivity index (χ0n) is 17.5. The Morgan fingerprint density at radius 1 is 1.00 bits per heavy atom. The fourth-order valence-corrected chi connectivity index (χ4v) is 4.70. The molecule has 4 rings (SSSR count). The zero-order valence-corrected chi connectivity index (χ0v) is 18.3. The molecule has 160 valence electrons. The first-order valence-corrected chi connectivity index (χ1v) is 12.1. The number of rotatable bonds is 6. The molecule has 0 atom stereocenters. The number of sulfone groups is 1. The Labute approximate surface area is 178 Å². The number of nitrogens with zero attached hydrogens (tertiary/aromatic N) is 4. The van der Waals surface area contributed by atoms with Crippen LogP contribution in [-0.2, 0) is 21.1 Å². The maximum atomic E-state index is 12.7. The SMILES string of the molecule is CC(C)S(=O)(=O)c1ccc(CC(=O)N2CCN(c3ccc(C4CC4)nn3)CC2)cc1. The van der Waals surface area contributed by atoms with Gasteiger partial charge in [-0.25, -0.2) is 8.42 Å². The smallest absolute Gasteiger partial charge is 0.227 e. The van der Waals surface area contributed by atoms with Gasteiger partial charge < -0.3 is 9.80 Å². The van der Waals surface area contributed by atoms with Gasteiger partial charge in [-0.05, 0) is 56.5 Å². The predicted octanol–water partition coefficient (Wildman–Crippen LogP) is 2.43. The number of carbonyl (C=O) groups excluding carboxylic acids is 1. The van der Waals surface area contributed by atoms with Crippen molar-refractivity contribution in [3.63, 3.8) is 0 Å². The molecule has 1 amide bonds. The molecular formula is C22H28N4O3S. The second kappa shape index (κ2) is 8.34. The van der Waals surface area contributed by atoms with E-state index >= 15 is 0 Å². The van der Waals surface area contributed by atoms with E-state index in [1.165, 1.54) is 12.8 Å². The second-order valence-corrected chi connectivity index (χ2v) is 10.9. The van der Waals surface area contributed by atoms with Gasteiger partial charge in [0.05, 0.1) is 22.3 Å². The van der Waals surface area contributed by atoms with Crippen LogP contribution in [0.4, 0.5) is 5.82 Å². The average molecular weight is 429 g/mol. The molecule has 2 heterocycles. The van der Waals surface area contributed by atoms with E-state index in [4.69, 9.17) is 0 Å². The lowest BCUT2D eigenvalue weighted by molar-refractivity contribution is -0.130. The van der Waals surface area contributed by atoms with E-state index in [0.717, 1.165) is 30.2 Å². The number of aromatic nitrogens is 2. The van der Waals surface area contributed by atoms with Crippen molar-refractivity contribution in [3.05, 3.63) is 47.7 Å². The van der Waals surface area contributed by atoms with Crippen LogP contribution in [0.2, 0.25) is 0 Å². The monoisotopic (exact) mass is 428 g/mol. The van der Waals surface area contributed by atoms with Crippen LogP contribution < -0.4 is 4.90 Å². The largest absolute Gasteiger partial charge is 0.352 e. The first-order chi connectivity index (χ1) is 14.3. The van der Waals surface area contributed by atoms with Crippen LogP contribution in [0.15, 0.2) is 41.3 Å². The molecule has 1 aromatic heterocycles. The predicted molar refractivity (Wildman–Crippen MR) is 115 cm³/mol. The highest BCUT2D eigenvalue weighted by Gasteiger charge is 2.26. The summed E-state index contributed by atoms with van der Waals surface area (Å²) in [5, 5.41) is 8.25. The van der Waals surface area contributed by atoms with Gasteiger partial charge in [0.25, 0.3) is 0 Å². The lowest BCUT2D eigenvalue weighted by Gasteiger charge is -2.35. The minimum absolute atomic E-state index is 0.0595. The number of benzene rings is 1. The third kappa shape index (κ3) is 4.48. The number of carbonyl (C=O) groups is 1. The number of hydrogen-bond donors (Lipinski definition) is 0. The van der Waals surface area contributed by atoms with Crippen LogP contribution in [0.3, 0.4) is 0 Å². The fraction of sp³-hybridized carbons (Fsp3) is 0.500. The normalized spacial score (nSPS) is 17.4. The van der Waals surface area contributed by atoms with Crippen molar-refractivity contribution >= 4 is 21.6 Å². The van der Waals surface area contributed by atoms with Gasteiger partial charge in [-0.3, -0.25) is 4.79 Å². The number of piperazine rings is 1. The highest BCUT2D eigenvalue weighted by atomic mass is 32.2. The third-order valence-corrected chi connectivity index (χ3v) is 8.02. The van der Waals surface area contributed by atoms with Crippen molar-refractivity contribution in [1.82, 2.24) is 15.1 Å². The van der Waals surface area contributed by atoms with Gasteiger partial charge in [0.15, 0.2) is 15.7 Å². The van der Waals surface area contributed by atoms with E-state index in [1.807, 2.05) is 11.0 Å². The lowest BCUT2D eigenvalue weighted by atomic mass is 10.1. The summed E-state index contributed by atoms with van der Waals surface area (Å²) in [4.78, 5) is 17.0. The van der Waals surface area contributed by atoms with Crippen molar-refractivity contribution in [2.75, 3.05) is 31.1 Å². The molecule has 1 aliphatic heterocycles. The number of anilines is 1. The Kier molecular flexibility index (Phi) is 5.77. The van der Waals surface area contributed by atoms with E-state index < -0.39 is 15.1 Å². The van der Waals surface area contributed by atoms with Gasteiger partial charge in [0.2, 0.25) is 5.91 Å². The maximum absolute atomic E-state index is 12.7. The summed E-state index contributed by atoms with van der Waals surface area (Å²) in [5.41, 5.74) is 1.91. The molecule has 1 aromatic carbocycles. The zero-order chi connectivity index (χ0) is 21.3. The average Bonchev–Trinajstić information content (AvgIpc) is 3.60. The van der Waals surface area contributed by atoms with E-state index in [9.17, 15) is 13.2 Å². The molecule has 2 aliphatic rings. The standard InChI is InChI=1S/C22H28N4O3S/c1-16(2)30(28,29)19-7-3-17(4-8-19)15-22(27)26-13-11-25(12-14-26)21-10-9-20(23-24-21)18-5-6-18/h3-4,7-10,16,18H,5-6,11-15H2,1-2H3. The molecular weight excluding hydrogens is 400 g/mol. The Hall–Kier alpha value is -2.48. The van der Waals surface area contributed by atoms with Crippen molar-refractivity contribution in [2.45, 2.75) is 49.2 Å². The third-order valence-electron chi connectivity index (χ3n) is 5.85. The molecule has 2 aromatic rings. The lowest BCUT2D eigenvalue weighted by Crippen LogP contribution is -2.49. The molecule has 1 aliphatic carbocycles. The van der Waals surface area contributed by atoms with Gasteiger partial charge in [0, 0.05) is 32.1 Å².